The van der Waals surface area contributed by atoms with Gasteiger partial charge in [0.2, 0.25) is 0 Å². The molecular formula is C28H29F3N6O. The second-order valence-corrected chi connectivity index (χ2v) is 9.94. The average Bonchev–Trinajstić information content (AvgIpc) is 3.65. The zero-order valence-corrected chi connectivity index (χ0v) is 21.1. The minimum absolute atomic E-state index is 0.221. The van der Waals surface area contributed by atoms with E-state index in [1.54, 1.807) is 24.3 Å². The van der Waals surface area contributed by atoms with Crippen molar-refractivity contribution in [3.05, 3.63) is 77.0 Å². The molecule has 0 aliphatic carbocycles. The number of imidazole rings is 1. The van der Waals surface area contributed by atoms with Crippen LogP contribution in [0.15, 0.2) is 48.8 Å². The van der Waals surface area contributed by atoms with Gasteiger partial charge in [-0.05, 0) is 48.4 Å². The SMILES string of the molecule is CN(Cc1nc(Nc2ccc(-c3cnc4cc(F)ccn34)c3c2CNC3)ccc1[C@H]1CCOC1)CC(F)F. The summed E-state index contributed by atoms with van der Waals surface area (Å²) in [6.07, 6.45) is 1.96. The maximum atomic E-state index is 13.7. The molecule has 198 valence electrons. The molecule has 0 radical (unpaired) electrons. The molecule has 0 spiro atoms. The van der Waals surface area contributed by atoms with Crippen LogP contribution in [0.4, 0.5) is 24.7 Å². The number of ether oxygens (including phenoxy) is 1. The van der Waals surface area contributed by atoms with Crippen LogP contribution in [0.5, 0.6) is 0 Å². The van der Waals surface area contributed by atoms with Crippen LogP contribution in [0.1, 0.15) is 34.7 Å². The highest BCUT2D eigenvalue weighted by Gasteiger charge is 2.24. The van der Waals surface area contributed by atoms with Crippen molar-refractivity contribution < 1.29 is 17.9 Å². The molecule has 4 aromatic rings. The third kappa shape index (κ3) is 4.87. The molecule has 2 aliphatic rings. The molecule has 1 fully saturated rings. The molecule has 7 nitrogen and oxygen atoms in total. The van der Waals surface area contributed by atoms with E-state index in [9.17, 15) is 13.2 Å². The summed E-state index contributed by atoms with van der Waals surface area (Å²) in [6.45, 7) is 2.74. The van der Waals surface area contributed by atoms with Gasteiger partial charge >= 0.3 is 0 Å². The van der Waals surface area contributed by atoms with Gasteiger partial charge in [-0.2, -0.15) is 0 Å². The quantitative estimate of drug-likeness (QED) is 0.336. The summed E-state index contributed by atoms with van der Waals surface area (Å²) in [5.74, 6) is 0.568. The first-order valence-electron chi connectivity index (χ1n) is 12.8. The maximum Gasteiger partial charge on any atom is 0.251 e. The first-order valence-corrected chi connectivity index (χ1v) is 12.8. The Hall–Kier alpha value is -3.47. The van der Waals surface area contributed by atoms with Crippen LogP contribution >= 0.6 is 0 Å². The van der Waals surface area contributed by atoms with E-state index >= 15 is 0 Å². The summed E-state index contributed by atoms with van der Waals surface area (Å²) in [5, 5.41) is 6.91. The monoisotopic (exact) mass is 522 g/mol. The number of fused-ring (bicyclic) bond motifs is 2. The fourth-order valence-electron chi connectivity index (χ4n) is 5.48. The third-order valence-corrected chi connectivity index (χ3v) is 7.30. The predicted octanol–water partition coefficient (Wildman–Crippen LogP) is 5.08. The number of halogens is 3. The number of hydrogen-bond donors (Lipinski definition) is 2. The Morgan fingerprint density at radius 1 is 1.18 bits per heavy atom. The van der Waals surface area contributed by atoms with Gasteiger partial charge in [0.1, 0.15) is 17.3 Å². The van der Waals surface area contributed by atoms with Crippen molar-refractivity contribution in [2.75, 3.05) is 32.1 Å². The van der Waals surface area contributed by atoms with Crippen molar-refractivity contribution in [2.45, 2.75) is 38.4 Å². The zero-order chi connectivity index (χ0) is 26.2. The Morgan fingerprint density at radius 2 is 2.05 bits per heavy atom. The molecule has 10 heteroatoms. The fourth-order valence-corrected chi connectivity index (χ4v) is 5.48. The lowest BCUT2D eigenvalue weighted by atomic mass is 9.96. The molecule has 2 aliphatic heterocycles. The normalized spacial score (nSPS) is 17.2. The van der Waals surface area contributed by atoms with Crippen LogP contribution in [0.3, 0.4) is 0 Å². The number of alkyl halides is 2. The second kappa shape index (κ2) is 10.4. The number of hydrogen-bond acceptors (Lipinski definition) is 6. The van der Waals surface area contributed by atoms with E-state index in [1.165, 1.54) is 12.1 Å². The summed E-state index contributed by atoms with van der Waals surface area (Å²) in [6, 6.07) is 10.9. The molecule has 0 unspecified atom stereocenters. The molecule has 1 aromatic carbocycles. The average molecular weight is 523 g/mol. The molecule has 1 saturated heterocycles. The van der Waals surface area contributed by atoms with Gasteiger partial charge in [-0.1, -0.05) is 12.1 Å². The summed E-state index contributed by atoms with van der Waals surface area (Å²) < 4.78 is 47.1. The molecule has 1 atom stereocenters. The van der Waals surface area contributed by atoms with Crippen LogP contribution in [-0.2, 0) is 24.4 Å². The summed E-state index contributed by atoms with van der Waals surface area (Å²) >= 11 is 0. The van der Waals surface area contributed by atoms with Crippen molar-refractivity contribution in [2.24, 2.45) is 0 Å². The van der Waals surface area contributed by atoms with E-state index in [-0.39, 0.29) is 18.3 Å². The van der Waals surface area contributed by atoms with E-state index in [4.69, 9.17) is 9.72 Å². The Kier molecular flexibility index (Phi) is 6.77. The number of nitrogens with one attached hydrogen (secondary N) is 2. The third-order valence-electron chi connectivity index (χ3n) is 7.30. The summed E-state index contributed by atoms with van der Waals surface area (Å²) in [7, 11) is 1.69. The molecule has 2 N–H and O–H groups in total. The van der Waals surface area contributed by atoms with Crippen LogP contribution < -0.4 is 10.6 Å². The highest BCUT2D eigenvalue weighted by Crippen LogP contribution is 2.36. The van der Waals surface area contributed by atoms with E-state index in [0.29, 0.717) is 44.3 Å². The highest BCUT2D eigenvalue weighted by molar-refractivity contribution is 5.75. The lowest BCUT2D eigenvalue weighted by Crippen LogP contribution is -2.25. The molecule has 6 rings (SSSR count). The molecule has 0 bridgehead atoms. The van der Waals surface area contributed by atoms with Gasteiger partial charge < -0.3 is 15.4 Å². The molecule has 5 heterocycles. The van der Waals surface area contributed by atoms with Crippen LogP contribution in [0.25, 0.3) is 16.9 Å². The fraction of sp³-hybridized carbons (Fsp3) is 0.357. The van der Waals surface area contributed by atoms with E-state index in [1.807, 2.05) is 28.7 Å². The van der Waals surface area contributed by atoms with E-state index in [0.717, 1.165) is 45.7 Å². The van der Waals surface area contributed by atoms with Gasteiger partial charge in [-0.25, -0.2) is 23.1 Å². The van der Waals surface area contributed by atoms with Crippen LogP contribution in [0, 0.1) is 5.82 Å². The van der Waals surface area contributed by atoms with Crippen molar-refractivity contribution in [1.82, 2.24) is 24.6 Å². The minimum Gasteiger partial charge on any atom is -0.381 e. The second-order valence-electron chi connectivity index (χ2n) is 9.94. The first-order chi connectivity index (χ1) is 18.5. The van der Waals surface area contributed by atoms with Crippen molar-refractivity contribution in [1.29, 1.82) is 0 Å². The molecule has 38 heavy (non-hydrogen) atoms. The number of aromatic nitrogens is 3. The Balaban J connectivity index is 1.32. The maximum absolute atomic E-state index is 13.7. The number of pyridine rings is 2. The Bertz CT molecular complexity index is 1470. The summed E-state index contributed by atoms with van der Waals surface area (Å²) in [4.78, 5) is 10.9. The van der Waals surface area contributed by atoms with Crippen molar-refractivity contribution in [3.8, 4) is 11.3 Å². The van der Waals surface area contributed by atoms with Crippen molar-refractivity contribution >= 4 is 17.2 Å². The van der Waals surface area contributed by atoms with Crippen molar-refractivity contribution in [3.63, 3.8) is 0 Å². The molecular weight excluding hydrogens is 493 g/mol. The zero-order valence-electron chi connectivity index (χ0n) is 21.1. The van der Waals surface area contributed by atoms with Gasteiger partial charge in [0.05, 0.1) is 30.7 Å². The standard InChI is InChI=1S/C28H29F3N6O/c1-36(15-26(30)31)14-24-19(17-7-9-38-16-17)3-5-27(35-24)34-23-4-2-20(21-11-32-12-22(21)23)25-13-33-28-10-18(29)6-8-37(25)28/h2-6,8,10,13,17,26,32H,7,9,11-12,14-16H2,1H3,(H,34,35)/t17-/m0/s1. The van der Waals surface area contributed by atoms with E-state index < -0.39 is 6.43 Å². The lowest BCUT2D eigenvalue weighted by Gasteiger charge is -2.21. The Labute approximate surface area is 218 Å². The smallest absolute Gasteiger partial charge is 0.251 e. The van der Waals surface area contributed by atoms with Gasteiger partial charge in [-0.3, -0.25) is 9.30 Å². The number of rotatable bonds is 8. The van der Waals surface area contributed by atoms with Gasteiger partial charge in [0.15, 0.2) is 0 Å². The number of anilines is 2. The van der Waals surface area contributed by atoms with Crippen LogP contribution in [0.2, 0.25) is 0 Å². The number of benzene rings is 1. The van der Waals surface area contributed by atoms with Gasteiger partial charge in [0.25, 0.3) is 6.43 Å². The highest BCUT2D eigenvalue weighted by atomic mass is 19.3. The summed E-state index contributed by atoms with van der Waals surface area (Å²) in [5.41, 5.74) is 7.56. The molecule has 0 amide bonds. The van der Waals surface area contributed by atoms with Crippen LogP contribution in [-0.4, -0.2) is 52.5 Å². The predicted molar refractivity (Wildman–Crippen MR) is 139 cm³/mol. The lowest BCUT2D eigenvalue weighted by molar-refractivity contribution is 0.0968. The topological polar surface area (TPSA) is 66.7 Å². The number of nitrogens with zero attached hydrogens (tertiary/aromatic N) is 4. The molecule has 3 aromatic heterocycles. The van der Waals surface area contributed by atoms with Gasteiger partial charge in [0, 0.05) is 55.7 Å². The first kappa shape index (κ1) is 24.8. The largest absolute Gasteiger partial charge is 0.381 e. The minimum atomic E-state index is -2.40. The van der Waals surface area contributed by atoms with Gasteiger partial charge in [-0.15, -0.1) is 0 Å². The Morgan fingerprint density at radius 3 is 2.87 bits per heavy atom. The van der Waals surface area contributed by atoms with E-state index in [2.05, 4.69) is 15.6 Å². The molecule has 0 saturated carbocycles.